The van der Waals surface area contributed by atoms with Crippen LogP contribution in [0.3, 0.4) is 0 Å². The molecular formula is C13H19N. The topological polar surface area (TPSA) is 26.0 Å². The molecule has 0 bridgehead atoms. The van der Waals surface area contributed by atoms with E-state index in [1.165, 1.54) is 24.0 Å². The third kappa shape index (κ3) is 1.15. The van der Waals surface area contributed by atoms with Crippen molar-refractivity contribution in [3.05, 3.63) is 29.3 Å². The van der Waals surface area contributed by atoms with Crippen molar-refractivity contribution in [1.29, 1.82) is 0 Å². The number of nitrogen functional groups attached to an aromatic ring is 1. The van der Waals surface area contributed by atoms with E-state index in [0.29, 0.717) is 11.3 Å². The van der Waals surface area contributed by atoms with Crippen LogP contribution in [0.4, 0.5) is 5.69 Å². The van der Waals surface area contributed by atoms with E-state index in [2.05, 4.69) is 32.9 Å². The Labute approximate surface area is 86.3 Å². The first kappa shape index (κ1) is 9.57. The van der Waals surface area contributed by atoms with Crippen molar-refractivity contribution in [3.8, 4) is 0 Å². The highest BCUT2D eigenvalue weighted by Crippen LogP contribution is 2.49. The molecule has 1 aromatic carbocycles. The van der Waals surface area contributed by atoms with E-state index < -0.39 is 0 Å². The molecule has 14 heavy (non-hydrogen) atoms. The maximum atomic E-state index is 6.04. The van der Waals surface area contributed by atoms with Crippen molar-refractivity contribution in [2.24, 2.45) is 0 Å². The summed E-state index contributed by atoms with van der Waals surface area (Å²) in [5, 5.41) is 0. The second kappa shape index (κ2) is 3.01. The number of nitrogens with two attached hydrogens (primary N) is 1. The van der Waals surface area contributed by atoms with Crippen LogP contribution in [0.15, 0.2) is 18.2 Å². The fraction of sp³-hybridized carbons (Fsp3) is 0.538. The smallest absolute Gasteiger partial charge is 0.0352 e. The summed E-state index contributed by atoms with van der Waals surface area (Å²) in [6, 6.07) is 6.36. The SMILES string of the molecule is CC[C@]1(C)C[C@H](C)c2c(N)cccc21. The zero-order chi connectivity index (χ0) is 10.3. The fourth-order valence-electron chi connectivity index (χ4n) is 2.88. The summed E-state index contributed by atoms with van der Waals surface area (Å²) < 4.78 is 0. The average Bonchev–Trinajstić information content (AvgIpc) is 2.41. The van der Waals surface area contributed by atoms with E-state index in [1.54, 1.807) is 0 Å². The lowest BCUT2D eigenvalue weighted by Crippen LogP contribution is -2.16. The first-order valence-electron chi connectivity index (χ1n) is 5.47. The summed E-state index contributed by atoms with van der Waals surface area (Å²) in [6.45, 7) is 6.91. The summed E-state index contributed by atoms with van der Waals surface area (Å²) in [5.74, 6) is 0.621. The van der Waals surface area contributed by atoms with Gasteiger partial charge in [0.15, 0.2) is 0 Å². The Morgan fingerprint density at radius 3 is 2.86 bits per heavy atom. The van der Waals surface area contributed by atoms with Gasteiger partial charge in [-0.05, 0) is 41.4 Å². The lowest BCUT2D eigenvalue weighted by molar-refractivity contribution is 0.430. The Balaban J connectivity index is 2.60. The van der Waals surface area contributed by atoms with Gasteiger partial charge in [-0.3, -0.25) is 0 Å². The molecule has 0 saturated carbocycles. The lowest BCUT2D eigenvalue weighted by atomic mass is 9.81. The number of benzene rings is 1. The maximum Gasteiger partial charge on any atom is 0.0352 e. The van der Waals surface area contributed by atoms with Gasteiger partial charge in [-0.25, -0.2) is 0 Å². The average molecular weight is 189 g/mol. The molecule has 0 saturated heterocycles. The van der Waals surface area contributed by atoms with E-state index in [9.17, 15) is 0 Å². The molecule has 2 rings (SSSR count). The maximum absolute atomic E-state index is 6.04. The normalized spacial score (nSPS) is 30.4. The number of anilines is 1. The van der Waals surface area contributed by atoms with E-state index in [-0.39, 0.29) is 0 Å². The van der Waals surface area contributed by atoms with Crippen LogP contribution in [-0.4, -0.2) is 0 Å². The summed E-state index contributed by atoms with van der Waals surface area (Å²) in [6.07, 6.45) is 2.45. The monoisotopic (exact) mass is 189 g/mol. The molecule has 2 N–H and O–H groups in total. The molecule has 1 nitrogen and oxygen atoms in total. The van der Waals surface area contributed by atoms with Crippen molar-refractivity contribution in [2.45, 2.75) is 44.9 Å². The van der Waals surface area contributed by atoms with Crippen LogP contribution in [0.5, 0.6) is 0 Å². The Bertz CT molecular complexity index is 356. The molecule has 1 aliphatic carbocycles. The first-order chi connectivity index (χ1) is 6.58. The van der Waals surface area contributed by atoms with Crippen LogP contribution in [0.2, 0.25) is 0 Å². The van der Waals surface area contributed by atoms with E-state index in [4.69, 9.17) is 5.73 Å². The summed E-state index contributed by atoms with van der Waals surface area (Å²) in [4.78, 5) is 0. The van der Waals surface area contributed by atoms with Gasteiger partial charge in [-0.1, -0.05) is 32.9 Å². The number of rotatable bonds is 1. The van der Waals surface area contributed by atoms with Crippen molar-refractivity contribution < 1.29 is 0 Å². The van der Waals surface area contributed by atoms with Crippen molar-refractivity contribution in [2.75, 3.05) is 5.73 Å². The highest BCUT2D eigenvalue weighted by Gasteiger charge is 2.37. The quantitative estimate of drug-likeness (QED) is 0.673. The molecule has 0 amide bonds. The molecule has 0 aliphatic heterocycles. The first-order valence-corrected chi connectivity index (χ1v) is 5.47. The standard InChI is InChI=1S/C13H19N/c1-4-13(3)8-9(2)12-10(13)6-5-7-11(12)14/h5-7,9H,4,8,14H2,1-3H3/t9-,13+/m0/s1. The molecule has 0 unspecified atom stereocenters. The summed E-state index contributed by atoms with van der Waals surface area (Å²) >= 11 is 0. The van der Waals surface area contributed by atoms with Crippen molar-refractivity contribution in [3.63, 3.8) is 0 Å². The molecule has 0 radical (unpaired) electrons. The molecule has 0 heterocycles. The van der Waals surface area contributed by atoms with Gasteiger partial charge in [0, 0.05) is 5.69 Å². The minimum Gasteiger partial charge on any atom is -0.398 e. The fourth-order valence-corrected chi connectivity index (χ4v) is 2.88. The summed E-state index contributed by atoms with van der Waals surface area (Å²) in [7, 11) is 0. The predicted octanol–water partition coefficient (Wildman–Crippen LogP) is 3.44. The highest BCUT2D eigenvalue weighted by atomic mass is 14.6. The van der Waals surface area contributed by atoms with Gasteiger partial charge in [0.25, 0.3) is 0 Å². The molecule has 1 aromatic rings. The van der Waals surface area contributed by atoms with Crippen LogP contribution >= 0.6 is 0 Å². The Morgan fingerprint density at radius 2 is 2.21 bits per heavy atom. The second-order valence-corrected chi connectivity index (χ2v) is 4.83. The second-order valence-electron chi connectivity index (χ2n) is 4.83. The van der Waals surface area contributed by atoms with Crippen molar-refractivity contribution in [1.82, 2.24) is 0 Å². The molecule has 0 fully saturated rings. The van der Waals surface area contributed by atoms with Crippen LogP contribution in [0.1, 0.15) is 50.7 Å². The molecule has 0 spiro atoms. The van der Waals surface area contributed by atoms with Gasteiger partial charge in [0.05, 0.1) is 0 Å². The van der Waals surface area contributed by atoms with E-state index in [1.807, 2.05) is 6.07 Å². The third-order valence-electron chi connectivity index (χ3n) is 3.82. The molecule has 1 aliphatic rings. The van der Waals surface area contributed by atoms with Gasteiger partial charge >= 0.3 is 0 Å². The molecular weight excluding hydrogens is 170 g/mol. The number of fused-ring (bicyclic) bond motifs is 1. The predicted molar refractivity (Wildman–Crippen MR) is 61.5 cm³/mol. The van der Waals surface area contributed by atoms with Gasteiger partial charge < -0.3 is 5.73 Å². The van der Waals surface area contributed by atoms with Crippen LogP contribution in [0.25, 0.3) is 0 Å². The Kier molecular flexibility index (Phi) is 2.06. The molecule has 0 aromatic heterocycles. The summed E-state index contributed by atoms with van der Waals surface area (Å²) in [5.41, 5.74) is 10.2. The van der Waals surface area contributed by atoms with Crippen LogP contribution in [-0.2, 0) is 5.41 Å². The zero-order valence-corrected chi connectivity index (χ0v) is 9.30. The van der Waals surface area contributed by atoms with Crippen LogP contribution in [0, 0.1) is 0 Å². The van der Waals surface area contributed by atoms with Gasteiger partial charge in [0.1, 0.15) is 0 Å². The minimum absolute atomic E-state index is 0.351. The van der Waals surface area contributed by atoms with Gasteiger partial charge in [0.2, 0.25) is 0 Å². The molecule has 76 valence electrons. The number of hydrogen-bond acceptors (Lipinski definition) is 1. The van der Waals surface area contributed by atoms with E-state index >= 15 is 0 Å². The molecule has 1 heteroatoms. The Hall–Kier alpha value is -0.980. The zero-order valence-electron chi connectivity index (χ0n) is 9.30. The Morgan fingerprint density at radius 1 is 1.50 bits per heavy atom. The van der Waals surface area contributed by atoms with E-state index in [0.717, 1.165) is 5.69 Å². The van der Waals surface area contributed by atoms with Gasteiger partial charge in [-0.2, -0.15) is 0 Å². The highest BCUT2D eigenvalue weighted by molar-refractivity contribution is 5.57. The lowest BCUT2D eigenvalue weighted by Gasteiger charge is -2.23. The largest absolute Gasteiger partial charge is 0.398 e. The number of hydrogen-bond donors (Lipinski definition) is 1. The van der Waals surface area contributed by atoms with Crippen LogP contribution < -0.4 is 5.73 Å². The minimum atomic E-state index is 0.351. The molecule has 2 atom stereocenters. The third-order valence-corrected chi connectivity index (χ3v) is 3.82. The van der Waals surface area contributed by atoms with Crippen molar-refractivity contribution >= 4 is 5.69 Å². The van der Waals surface area contributed by atoms with Gasteiger partial charge in [-0.15, -0.1) is 0 Å².